The number of carboxylic acid groups (broad SMARTS) is 1. The van der Waals surface area contributed by atoms with Gasteiger partial charge >= 0.3 is 5.97 Å². The number of ketones is 1. The highest BCUT2D eigenvalue weighted by Gasteiger charge is 2.25. The molecule has 1 amide bonds. The van der Waals surface area contributed by atoms with E-state index in [1.54, 1.807) is 61.5 Å². The van der Waals surface area contributed by atoms with Crippen molar-refractivity contribution in [1.29, 1.82) is 0 Å². The summed E-state index contributed by atoms with van der Waals surface area (Å²) in [6.07, 6.45) is 0. The second-order valence-electron chi connectivity index (χ2n) is 6.55. The summed E-state index contributed by atoms with van der Waals surface area (Å²) in [5.41, 5.74) is 1.84. The molecule has 0 spiro atoms. The third kappa shape index (κ3) is 4.57. The van der Waals surface area contributed by atoms with E-state index in [1.165, 1.54) is 0 Å². The minimum absolute atomic E-state index is 0.0451. The van der Waals surface area contributed by atoms with Crippen LogP contribution in [0.5, 0.6) is 0 Å². The zero-order chi connectivity index (χ0) is 19.3. The Morgan fingerprint density at radius 3 is 1.92 bits per heavy atom. The quantitative estimate of drug-likeness (QED) is 0.746. The minimum atomic E-state index is -1.12. The highest BCUT2D eigenvalue weighted by atomic mass is 16.4. The van der Waals surface area contributed by atoms with Gasteiger partial charge in [-0.3, -0.25) is 9.59 Å². The number of benzene rings is 2. The number of nitrogens with one attached hydrogen (secondary N) is 1. The molecule has 2 N–H and O–H groups in total. The number of aliphatic carboxylic acids is 1. The second-order valence-corrected chi connectivity index (χ2v) is 6.55. The van der Waals surface area contributed by atoms with Gasteiger partial charge in [0.15, 0.2) is 11.8 Å². The molecule has 0 aliphatic rings. The molecule has 5 nitrogen and oxygen atoms in total. The van der Waals surface area contributed by atoms with Gasteiger partial charge in [0.1, 0.15) is 0 Å². The van der Waals surface area contributed by atoms with Gasteiger partial charge in [-0.2, -0.15) is 0 Å². The van der Waals surface area contributed by atoms with Gasteiger partial charge in [0.2, 0.25) is 5.91 Å². The van der Waals surface area contributed by atoms with Crippen molar-refractivity contribution in [3.63, 3.8) is 0 Å². The van der Waals surface area contributed by atoms with Crippen molar-refractivity contribution in [2.75, 3.05) is 0 Å². The molecule has 0 heterocycles. The first-order valence-electron chi connectivity index (χ1n) is 8.53. The molecule has 2 rings (SSSR count). The van der Waals surface area contributed by atoms with Crippen LogP contribution >= 0.6 is 0 Å². The highest BCUT2D eigenvalue weighted by molar-refractivity contribution is 5.97. The van der Waals surface area contributed by atoms with Crippen molar-refractivity contribution in [1.82, 2.24) is 5.32 Å². The summed E-state index contributed by atoms with van der Waals surface area (Å²) in [6.45, 7) is 5.38. The van der Waals surface area contributed by atoms with Gasteiger partial charge in [-0.25, -0.2) is 4.79 Å². The third-order valence-electron chi connectivity index (χ3n) is 4.28. The van der Waals surface area contributed by atoms with E-state index in [-0.39, 0.29) is 17.6 Å². The first kappa shape index (κ1) is 19.4. The van der Waals surface area contributed by atoms with E-state index >= 15 is 0 Å². The summed E-state index contributed by atoms with van der Waals surface area (Å²) < 4.78 is 0. The van der Waals surface area contributed by atoms with Crippen LogP contribution in [0.3, 0.4) is 0 Å². The van der Waals surface area contributed by atoms with Gasteiger partial charge in [-0.15, -0.1) is 0 Å². The summed E-state index contributed by atoms with van der Waals surface area (Å²) in [5, 5.41) is 12.0. The fraction of sp³-hybridized carbons (Fsp3) is 0.286. The molecule has 0 saturated carbocycles. The smallest absolute Gasteiger partial charge is 0.330 e. The molecule has 2 aromatic carbocycles. The van der Waals surface area contributed by atoms with Crippen LogP contribution in [-0.4, -0.2) is 22.8 Å². The minimum Gasteiger partial charge on any atom is -0.479 e. The molecule has 0 aliphatic carbocycles. The van der Waals surface area contributed by atoms with Gasteiger partial charge in [0.05, 0.1) is 5.92 Å². The number of Topliss-reactive ketones (excluding diaryl/α,β-unsaturated/α-hetero) is 1. The Morgan fingerprint density at radius 2 is 1.42 bits per heavy atom. The Balaban J connectivity index is 2.13. The van der Waals surface area contributed by atoms with Gasteiger partial charge in [0.25, 0.3) is 0 Å². The topological polar surface area (TPSA) is 83.5 Å². The van der Waals surface area contributed by atoms with Gasteiger partial charge in [-0.1, -0.05) is 68.4 Å². The molecule has 0 bridgehead atoms. The monoisotopic (exact) mass is 353 g/mol. The number of hydrogen-bond acceptors (Lipinski definition) is 3. The largest absolute Gasteiger partial charge is 0.479 e. The van der Waals surface area contributed by atoms with Crippen LogP contribution in [-0.2, 0) is 9.59 Å². The van der Waals surface area contributed by atoms with Crippen LogP contribution in [0.1, 0.15) is 54.2 Å². The predicted molar refractivity (Wildman–Crippen MR) is 99.0 cm³/mol. The molecule has 2 aromatic rings. The summed E-state index contributed by atoms with van der Waals surface area (Å²) in [6, 6.07) is 14.3. The lowest BCUT2D eigenvalue weighted by Gasteiger charge is -2.18. The van der Waals surface area contributed by atoms with Crippen molar-refractivity contribution in [3.05, 3.63) is 71.3 Å². The molecule has 0 fully saturated rings. The van der Waals surface area contributed by atoms with Crippen molar-refractivity contribution >= 4 is 17.7 Å². The fourth-order valence-corrected chi connectivity index (χ4v) is 2.62. The maximum Gasteiger partial charge on any atom is 0.330 e. The van der Waals surface area contributed by atoms with Gasteiger partial charge in [0, 0.05) is 11.5 Å². The molecule has 0 aliphatic heterocycles. The van der Waals surface area contributed by atoms with Crippen molar-refractivity contribution in [3.8, 4) is 0 Å². The maximum absolute atomic E-state index is 12.5. The Morgan fingerprint density at radius 1 is 0.846 bits per heavy atom. The van der Waals surface area contributed by atoms with Crippen LogP contribution in [0.4, 0.5) is 0 Å². The summed E-state index contributed by atoms with van der Waals surface area (Å²) in [5.74, 6) is -2.09. The van der Waals surface area contributed by atoms with Crippen LogP contribution in [0.2, 0.25) is 0 Å². The van der Waals surface area contributed by atoms with Crippen molar-refractivity contribution in [2.45, 2.75) is 32.7 Å². The van der Waals surface area contributed by atoms with E-state index in [1.807, 2.05) is 13.8 Å². The number of rotatable bonds is 7. The zero-order valence-corrected chi connectivity index (χ0v) is 15.1. The normalized spacial score (nSPS) is 13.1. The number of amides is 1. The van der Waals surface area contributed by atoms with Crippen LogP contribution in [0, 0.1) is 5.92 Å². The molecule has 5 heteroatoms. The van der Waals surface area contributed by atoms with E-state index < -0.39 is 17.9 Å². The van der Waals surface area contributed by atoms with E-state index in [0.717, 1.165) is 5.56 Å². The lowest BCUT2D eigenvalue weighted by molar-refractivity contribution is -0.142. The first-order chi connectivity index (χ1) is 12.3. The number of carbonyl (C=O) groups is 3. The lowest BCUT2D eigenvalue weighted by Crippen LogP contribution is -2.36. The highest BCUT2D eigenvalue weighted by Crippen LogP contribution is 2.20. The van der Waals surface area contributed by atoms with Crippen molar-refractivity contribution in [2.24, 2.45) is 5.92 Å². The molecule has 1 unspecified atom stereocenters. The molecule has 0 aromatic heterocycles. The molecule has 136 valence electrons. The standard InChI is InChI=1S/C21H23NO4/c1-13(2)19(23)17-11-9-15(10-12-17)14(3)20(24)22-18(21(25)26)16-7-5-4-6-8-16/h4-14,18H,1-3H3,(H,22,24)(H,25,26)/t14?,18-/m0/s1. The Hall–Kier alpha value is -2.95. The summed E-state index contributed by atoms with van der Waals surface area (Å²) in [7, 11) is 0. The Bertz CT molecular complexity index is 781. The first-order valence-corrected chi connectivity index (χ1v) is 8.53. The predicted octanol–water partition coefficient (Wildman–Crippen LogP) is 3.57. The van der Waals surface area contributed by atoms with E-state index in [4.69, 9.17) is 0 Å². The summed E-state index contributed by atoms with van der Waals surface area (Å²) in [4.78, 5) is 36.0. The molecule has 0 radical (unpaired) electrons. The Labute approximate surface area is 153 Å². The van der Waals surface area contributed by atoms with E-state index in [2.05, 4.69) is 5.32 Å². The number of carboxylic acids is 1. The molecular formula is C21H23NO4. The molecule has 0 saturated heterocycles. The Kier molecular flexibility index (Phi) is 6.28. The average Bonchev–Trinajstić information content (AvgIpc) is 2.65. The SMILES string of the molecule is CC(C)C(=O)c1ccc(C(C)C(=O)N[C@H](C(=O)O)c2ccccc2)cc1. The van der Waals surface area contributed by atoms with Gasteiger partial charge in [-0.05, 0) is 18.1 Å². The molecule has 26 heavy (non-hydrogen) atoms. The van der Waals surface area contributed by atoms with E-state index in [9.17, 15) is 19.5 Å². The number of carbonyl (C=O) groups excluding carboxylic acids is 2. The third-order valence-corrected chi connectivity index (χ3v) is 4.28. The molecule has 2 atom stereocenters. The van der Waals surface area contributed by atoms with Crippen molar-refractivity contribution < 1.29 is 19.5 Å². The van der Waals surface area contributed by atoms with Crippen LogP contribution in [0.15, 0.2) is 54.6 Å². The lowest BCUT2D eigenvalue weighted by atomic mass is 9.95. The van der Waals surface area contributed by atoms with Gasteiger partial charge < -0.3 is 10.4 Å². The van der Waals surface area contributed by atoms with Crippen LogP contribution < -0.4 is 5.32 Å². The maximum atomic E-state index is 12.5. The average molecular weight is 353 g/mol. The second kappa shape index (κ2) is 8.43. The molecular weight excluding hydrogens is 330 g/mol. The van der Waals surface area contributed by atoms with Crippen LogP contribution in [0.25, 0.3) is 0 Å². The fourth-order valence-electron chi connectivity index (χ4n) is 2.62. The summed E-state index contributed by atoms with van der Waals surface area (Å²) >= 11 is 0. The zero-order valence-electron chi connectivity index (χ0n) is 15.1. The van der Waals surface area contributed by atoms with E-state index in [0.29, 0.717) is 11.1 Å². The number of hydrogen-bond donors (Lipinski definition) is 2.